The summed E-state index contributed by atoms with van der Waals surface area (Å²) in [6.45, 7) is 2.97. The summed E-state index contributed by atoms with van der Waals surface area (Å²) in [5, 5.41) is 8.95. The van der Waals surface area contributed by atoms with Gasteiger partial charge in [0.15, 0.2) is 5.75 Å². The molecule has 0 saturated carbocycles. The maximum Gasteiger partial charge on any atom is 0.352 e. The number of carbonyl (C=O) groups excluding carboxylic acids is 1. The van der Waals surface area contributed by atoms with E-state index in [2.05, 4.69) is 4.89 Å². The van der Waals surface area contributed by atoms with Gasteiger partial charge in [0.1, 0.15) is 0 Å². The Hall–Kier alpha value is -1.55. The lowest BCUT2D eigenvalue weighted by atomic mass is 10.1. The van der Waals surface area contributed by atoms with Crippen LogP contribution in [0.5, 0.6) is 5.75 Å². The van der Waals surface area contributed by atoms with Crippen LogP contribution in [0.3, 0.4) is 0 Å². The lowest BCUT2D eigenvalue weighted by molar-refractivity contribution is -0.211. The zero-order valence-electron chi connectivity index (χ0n) is 8.11. The Balaban J connectivity index is 2.82. The van der Waals surface area contributed by atoms with Crippen LogP contribution in [0, 0.1) is 6.92 Å². The number of aryl methyl sites for hydroxylation is 1. The monoisotopic (exact) mass is 196 g/mol. The fraction of sp³-hybridized carbons (Fsp3) is 0.300. The minimum absolute atomic E-state index is 0.156. The molecule has 0 bridgehead atoms. The Bertz CT molecular complexity index is 333. The zero-order chi connectivity index (χ0) is 10.6. The van der Waals surface area contributed by atoms with Gasteiger partial charge in [0.2, 0.25) is 0 Å². The average molecular weight is 196 g/mol. The maximum absolute atomic E-state index is 10.5. The topological polar surface area (TPSA) is 55.8 Å². The predicted octanol–water partition coefficient (Wildman–Crippen LogP) is 1.34. The molecule has 0 fully saturated rings. The van der Waals surface area contributed by atoms with Gasteiger partial charge in [-0.05, 0) is 18.6 Å². The van der Waals surface area contributed by atoms with Crippen molar-refractivity contribution in [1.82, 2.24) is 0 Å². The normalized spacial score (nSPS) is 9.64. The third kappa shape index (κ3) is 2.74. The van der Waals surface area contributed by atoms with E-state index in [9.17, 15) is 4.79 Å². The van der Waals surface area contributed by atoms with Crippen molar-refractivity contribution in [3.05, 3.63) is 29.3 Å². The van der Waals surface area contributed by atoms with Gasteiger partial charge in [0.25, 0.3) is 0 Å². The molecular weight excluding hydrogens is 184 g/mol. The lowest BCUT2D eigenvalue weighted by Gasteiger charge is -2.07. The summed E-state index contributed by atoms with van der Waals surface area (Å²) < 4.78 is 0. The SMILES string of the molecule is CC(=O)OOc1cc(C)ccc1CO. The van der Waals surface area contributed by atoms with Gasteiger partial charge in [-0.3, -0.25) is 9.78 Å². The van der Waals surface area contributed by atoms with Crippen molar-refractivity contribution in [2.75, 3.05) is 0 Å². The van der Waals surface area contributed by atoms with Crippen LogP contribution in [0.4, 0.5) is 0 Å². The highest BCUT2D eigenvalue weighted by atomic mass is 17.2. The van der Waals surface area contributed by atoms with Gasteiger partial charge in [0, 0.05) is 12.5 Å². The Morgan fingerprint density at radius 1 is 1.50 bits per heavy atom. The Morgan fingerprint density at radius 2 is 2.21 bits per heavy atom. The number of benzene rings is 1. The van der Waals surface area contributed by atoms with Gasteiger partial charge in [-0.2, -0.15) is 0 Å². The number of aliphatic hydroxyl groups is 1. The summed E-state index contributed by atoms with van der Waals surface area (Å²) in [5.74, 6) is -0.168. The summed E-state index contributed by atoms with van der Waals surface area (Å²) in [5.41, 5.74) is 1.54. The number of carbonyl (C=O) groups is 1. The minimum Gasteiger partial charge on any atom is -0.392 e. The summed E-state index contributed by atoms with van der Waals surface area (Å²) in [6, 6.07) is 5.24. The van der Waals surface area contributed by atoms with E-state index in [4.69, 9.17) is 9.99 Å². The van der Waals surface area contributed by atoms with Crippen molar-refractivity contribution in [3.63, 3.8) is 0 Å². The molecule has 0 aliphatic carbocycles. The number of hydrogen-bond acceptors (Lipinski definition) is 4. The van der Waals surface area contributed by atoms with Crippen molar-refractivity contribution in [2.24, 2.45) is 0 Å². The van der Waals surface area contributed by atoms with Crippen LogP contribution in [0.15, 0.2) is 18.2 Å². The second kappa shape index (κ2) is 4.62. The molecule has 4 heteroatoms. The second-order valence-electron chi connectivity index (χ2n) is 2.93. The van der Waals surface area contributed by atoms with E-state index < -0.39 is 5.97 Å². The van der Waals surface area contributed by atoms with E-state index in [0.717, 1.165) is 5.56 Å². The molecule has 0 spiro atoms. The van der Waals surface area contributed by atoms with Crippen molar-refractivity contribution >= 4 is 5.97 Å². The summed E-state index contributed by atoms with van der Waals surface area (Å²) >= 11 is 0. The van der Waals surface area contributed by atoms with Crippen molar-refractivity contribution in [2.45, 2.75) is 20.5 Å². The molecule has 0 aromatic heterocycles. The second-order valence-corrected chi connectivity index (χ2v) is 2.93. The Kier molecular flexibility index (Phi) is 3.48. The molecule has 0 radical (unpaired) electrons. The molecule has 0 aliphatic heterocycles. The van der Waals surface area contributed by atoms with E-state index in [1.54, 1.807) is 12.1 Å². The summed E-state index contributed by atoms with van der Waals surface area (Å²) in [7, 11) is 0. The highest BCUT2D eigenvalue weighted by molar-refractivity contribution is 5.65. The van der Waals surface area contributed by atoms with Gasteiger partial charge in [-0.15, -0.1) is 0 Å². The zero-order valence-corrected chi connectivity index (χ0v) is 8.11. The Labute approximate surface area is 82.0 Å². The molecular formula is C10H12O4. The van der Waals surface area contributed by atoms with Crippen LogP contribution in [-0.2, 0) is 16.3 Å². The fourth-order valence-corrected chi connectivity index (χ4v) is 0.974. The molecule has 0 aliphatic rings. The number of aliphatic hydroxyl groups excluding tert-OH is 1. The van der Waals surface area contributed by atoms with Crippen LogP contribution in [-0.4, -0.2) is 11.1 Å². The molecule has 1 N–H and O–H groups in total. The predicted molar refractivity (Wildman–Crippen MR) is 49.5 cm³/mol. The molecule has 0 heterocycles. The molecule has 0 atom stereocenters. The van der Waals surface area contributed by atoms with E-state index in [1.165, 1.54) is 6.92 Å². The van der Waals surface area contributed by atoms with E-state index >= 15 is 0 Å². The third-order valence-electron chi connectivity index (χ3n) is 1.64. The third-order valence-corrected chi connectivity index (χ3v) is 1.64. The van der Waals surface area contributed by atoms with Crippen LogP contribution in [0.2, 0.25) is 0 Å². The average Bonchev–Trinajstić information content (AvgIpc) is 2.15. The van der Waals surface area contributed by atoms with Crippen molar-refractivity contribution in [3.8, 4) is 5.75 Å². The van der Waals surface area contributed by atoms with Gasteiger partial charge in [-0.25, -0.2) is 4.79 Å². The lowest BCUT2D eigenvalue weighted by Crippen LogP contribution is -2.04. The van der Waals surface area contributed by atoms with Gasteiger partial charge in [-0.1, -0.05) is 12.1 Å². The summed E-state index contributed by atoms with van der Waals surface area (Å²) in [6.07, 6.45) is 0. The summed E-state index contributed by atoms with van der Waals surface area (Å²) in [4.78, 5) is 19.6. The van der Waals surface area contributed by atoms with Crippen LogP contribution in [0.25, 0.3) is 0 Å². The quantitative estimate of drug-likeness (QED) is 0.585. The molecule has 14 heavy (non-hydrogen) atoms. The van der Waals surface area contributed by atoms with Crippen LogP contribution >= 0.6 is 0 Å². The molecule has 76 valence electrons. The fourth-order valence-electron chi connectivity index (χ4n) is 0.974. The molecule has 0 saturated heterocycles. The van der Waals surface area contributed by atoms with E-state index in [0.29, 0.717) is 11.3 Å². The minimum atomic E-state index is -0.532. The van der Waals surface area contributed by atoms with Crippen LogP contribution < -0.4 is 4.89 Å². The number of rotatable bonds is 3. The van der Waals surface area contributed by atoms with Gasteiger partial charge < -0.3 is 5.11 Å². The van der Waals surface area contributed by atoms with E-state index in [-0.39, 0.29) is 6.61 Å². The smallest absolute Gasteiger partial charge is 0.352 e. The van der Waals surface area contributed by atoms with Gasteiger partial charge >= 0.3 is 5.97 Å². The first-order chi connectivity index (χ1) is 6.63. The molecule has 1 aromatic carbocycles. The Morgan fingerprint density at radius 3 is 2.79 bits per heavy atom. The highest BCUT2D eigenvalue weighted by Crippen LogP contribution is 2.20. The van der Waals surface area contributed by atoms with E-state index in [1.807, 2.05) is 13.0 Å². The molecule has 4 nitrogen and oxygen atoms in total. The largest absolute Gasteiger partial charge is 0.392 e. The van der Waals surface area contributed by atoms with Crippen molar-refractivity contribution < 1.29 is 19.7 Å². The number of hydrogen-bond donors (Lipinski definition) is 1. The van der Waals surface area contributed by atoms with Crippen LogP contribution in [0.1, 0.15) is 18.1 Å². The van der Waals surface area contributed by atoms with Gasteiger partial charge in [0.05, 0.1) is 6.61 Å². The first-order valence-electron chi connectivity index (χ1n) is 4.19. The standard InChI is InChI=1S/C10H12O4/c1-7-3-4-9(6-11)10(5-7)14-13-8(2)12/h3-5,11H,6H2,1-2H3. The molecule has 0 unspecified atom stereocenters. The molecule has 1 rings (SSSR count). The highest BCUT2D eigenvalue weighted by Gasteiger charge is 2.05. The molecule has 1 aromatic rings. The maximum atomic E-state index is 10.5. The first-order valence-corrected chi connectivity index (χ1v) is 4.19. The first kappa shape index (κ1) is 10.5. The molecule has 0 amide bonds. The van der Waals surface area contributed by atoms with Crippen molar-refractivity contribution in [1.29, 1.82) is 0 Å².